The third kappa shape index (κ3) is 7.21. The van der Waals surface area contributed by atoms with Gasteiger partial charge >= 0.3 is 0 Å². The molecule has 42 heavy (non-hydrogen) atoms. The number of H-pyrrole nitrogens is 1. The van der Waals surface area contributed by atoms with E-state index in [9.17, 15) is 33.2 Å². The van der Waals surface area contributed by atoms with Crippen molar-refractivity contribution in [3.8, 4) is 0 Å². The molecular formula is C17H18N6O14P3S2-3. The minimum Gasteiger partial charge on any atom is -0.756 e. The lowest BCUT2D eigenvalue weighted by atomic mass is 10.1. The Labute approximate surface area is 243 Å². The zero-order chi connectivity index (χ0) is 30.4. The number of carbonyl (C=O) groups excluding carboxylic acids is 1. The molecule has 5 heterocycles. The number of rotatable bonds is 11. The summed E-state index contributed by atoms with van der Waals surface area (Å²) in [6, 6.07) is 1.80. The van der Waals surface area contributed by atoms with Crippen LogP contribution in [0.3, 0.4) is 0 Å². The molecule has 25 heteroatoms. The van der Waals surface area contributed by atoms with Gasteiger partial charge in [-0.2, -0.15) is 11.3 Å². The molecule has 8 atom stereocenters. The van der Waals surface area contributed by atoms with E-state index in [0.717, 1.165) is 5.56 Å². The molecule has 2 fully saturated rings. The first-order valence-electron chi connectivity index (χ1n) is 11.3. The predicted molar refractivity (Wildman–Crippen MR) is 134 cm³/mol. The summed E-state index contributed by atoms with van der Waals surface area (Å²) in [5.41, 5.74) is 7.06. The van der Waals surface area contributed by atoms with Gasteiger partial charge in [0.25, 0.3) is 29.4 Å². The molecular weight excluding hydrogens is 669 g/mol. The third-order valence-electron chi connectivity index (χ3n) is 5.65. The molecule has 0 aliphatic carbocycles. The van der Waals surface area contributed by atoms with Crippen molar-refractivity contribution in [2.45, 2.75) is 37.4 Å². The zero-order valence-corrected chi connectivity index (χ0v) is 24.8. The number of nitrogens with two attached hydrogens (primary N) is 1. The summed E-state index contributed by atoms with van der Waals surface area (Å²) in [6.45, 7) is -0.800. The highest BCUT2D eigenvalue weighted by atomic mass is 32.1. The van der Waals surface area contributed by atoms with E-state index in [4.69, 9.17) is 37.1 Å². The summed E-state index contributed by atoms with van der Waals surface area (Å²) in [5, 5.41) is 6.29. The highest BCUT2D eigenvalue weighted by molar-refractivity contribution is 7.71. The Kier molecular flexibility index (Phi) is 8.87. The summed E-state index contributed by atoms with van der Waals surface area (Å²) in [6.07, 6.45) is -4.96. The van der Waals surface area contributed by atoms with Crippen molar-refractivity contribution >= 4 is 70.0 Å². The highest BCUT2D eigenvalue weighted by Gasteiger charge is 2.55. The van der Waals surface area contributed by atoms with Gasteiger partial charge in [0.05, 0.1) is 12.9 Å². The number of carbonyl (C=O) groups is 1. The van der Waals surface area contributed by atoms with Crippen molar-refractivity contribution in [1.82, 2.24) is 24.8 Å². The van der Waals surface area contributed by atoms with E-state index < -0.39 is 66.8 Å². The molecule has 3 aromatic heterocycles. The Morgan fingerprint density at radius 3 is 2.64 bits per heavy atom. The maximum atomic E-state index is 12.8. The lowest BCUT2D eigenvalue weighted by Gasteiger charge is -2.33. The molecule has 3 aromatic rings. The Bertz CT molecular complexity index is 1680. The number of amides is 1. The summed E-state index contributed by atoms with van der Waals surface area (Å²) in [7, 11) is -17.9. The number of nitrogen functional groups attached to an aromatic ring is 1. The van der Waals surface area contributed by atoms with Crippen molar-refractivity contribution in [3.05, 3.63) is 33.4 Å². The van der Waals surface area contributed by atoms with Crippen LogP contribution in [0.15, 0.2) is 23.2 Å². The van der Waals surface area contributed by atoms with Gasteiger partial charge in [-0.1, -0.05) is 12.2 Å². The number of imidazole rings is 1. The highest BCUT2D eigenvalue weighted by Crippen LogP contribution is 2.61. The van der Waals surface area contributed by atoms with Gasteiger partial charge in [-0.3, -0.25) is 23.1 Å². The first kappa shape index (κ1) is 31.5. The van der Waals surface area contributed by atoms with E-state index >= 15 is 0 Å². The van der Waals surface area contributed by atoms with Crippen LogP contribution < -0.4 is 25.7 Å². The number of hydrogen-bond donors (Lipinski definition) is 4. The Hall–Kier alpha value is -1.97. The minimum atomic E-state index is -6.13. The van der Waals surface area contributed by atoms with Gasteiger partial charge in [0, 0.05) is 6.54 Å². The molecule has 2 aliphatic rings. The summed E-state index contributed by atoms with van der Waals surface area (Å²) < 4.78 is 64.7. The maximum absolute atomic E-state index is 12.8. The SMILES string of the molecule is Nc1nc(=S)c2ncn(C3OC(COP(=O)([O-])OP(=O)([O-])OP(=O)([O-])O)C4O[C@@H](C(=O)NCc5ccsc5)OC43)c2[nH]1. The fraction of sp³-hybridized carbons (Fsp3) is 0.412. The number of nitrogens with one attached hydrogen (secondary N) is 2. The van der Waals surface area contributed by atoms with Crippen LogP contribution in [0, 0.1) is 4.64 Å². The second kappa shape index (κ2) is 11.8. The number of thiophene rings is 1. The molecule has 0 saturated carbocycles. The molecule has 7 unspecified atom stereocenters. The van der Waals surface area contributed by atoms with Gasteiger partial charge in [0.1, 0.15) is 29.5 Å². The van der Waals surface area contributed by atoms with Crippen LogP contribution in [0.1, 0.15) is 11.8 Å². The van der Waals surface area contributed by atoms with Gasteiger partial charge in [-0.05, 0) is 22.4 Å². The number of hydrogen-bond acceptors (Lipinski definition) is 18. The molecule has 0 spiro atoms. The van der Waals surface area contributed by atoms with Crippen molar-refractivity contribution in [3.63, 3.8) is 0 Å². The molecule has 230 valence electrons. The molecule has 5 N–H and O–H groups in total. The van der Waals surface area contributed by atoms with Gasteiger partial charge < -0.3 is 54.3 Å². The van der Waals surface area contributed by atoms with E-state index in [-0.39, 0.29) is 28.3 Å². The fourth-order valence-electron chi connectivity index (χ4n) is 4.08. The van der Waals surface area contributed by atoms with E-state index in [1.54, 1.807) is 6.07 Å². The Morgan fingerprint density at radius 2 is 1.95 bits per heavy atom. The first-order chi connectivity index (χ1) is 19.6. The van der Waals surface area contributed by atoms with Crippen molar-refractivity contribution < 1.29 is 65.4 Å². The fourth-order valence-corrected chi connectivity index (χ4v) is 7.89. The average Bonchev–Trinajstić information content (AvgIpc) is 3.63. The van der Waals surface area contributed by atoms with Crippen LogP contribution in [0.4, 0.5) is 5.95 Å². The first-order valence-corrected chi connectivity index (χ1v) is 17.1. The number of ether oxygens (including phenoxy) is 3. The smallest absolute Gasteiger partial charge is 0.280 e. The number of nitrogens with zero attached hydrogens (tertiary/aromatic N) is 3. The van der Waals surface area contributed by atoms with Gasteiger partial charge in [0.15, 0.2) is 16.8 Å². The molecule has 2 aliphatic heterocycles. The monoisotopic (exact) mass is 687 g/mol. The Morgan fingerprint density at radius 1 is 1.21 bits per heavy atom. The number of aromatic nitrogens is 4. The van der Waals surface area contributed by atoms with Gasteiger partial charge in [0.2, 0.25) is 6.29 Å². The normalized spacial score (nSPS) is 28.1. The molecule has 1 amide bonds. The number of phosphoric ester groups is 1. The standard InChI is InChI=1S/C17H21N6O14P3S2/c18-17-21-12-9(14(41)22-17)20-6-23(12)15-11-10(34-16(35-11)13(24)19-3-7-1-2-42-5-7)8(33-15)4-32-39(28,29)37-40(30,31)36-38(25,26)27/h1-2,5-6,8,10-11,15-16H,3-4H2,(H,19,24)(H,28,29)(H,30,31)(H2,25,26,27)(H3,18,21,22,41)/p-3/t8?,10?,11?,15?,16-/m1/s1. The number of phosphoric acid groups is 3. The lowest BCUT2D eigenvalue weighted by Crippen LogP contribution is -2.37. The quantitative estimate of drug-likeness (QED) is 0.137. The van der Waals surface area contributed by atoms with E-state index in [0.29, 0.717) is 0 Å². The Balaban J connectivity index is 1.36. The third-order valence-corrected chi connectivity index (χ3v) is 10.4. The molecule has 0 radical (unpaired) electrons. The van der Waals surface area contributed by atoms with Gasteiger partial charge in [-0.25, -0.2) is 18.6 Å². The largest absolute Gasteiger partial charge is 0.756 e. The molecule has 20 nitrogen and oxygen atoms in total. The van der Waals surface area contributed by atoms with Crippen LogP contribution in [-0.2, 0) is 52.4 Å². The number of fused-ring (bicyclic) bond motifs is 2. The molecule has 0 aromatic carbocycles. The second-order valence-corrected chi connectivity index (χ2v) is 14.0. The summed E-state index contributed by atoms with van der Waals surface area (Å²) in [5.74, 6) is -0.720. The van der Waals surface area contributed by atoms with Crippen LogP contribution in [0.2, 0.25) is 0 Å². The van der Waals surface area contributed by atoms with E-state index in [1.165, 1.54) is 22.2 Å². The van der Waals surface area contributed by atoms with Crippen LogP contribution in [0.5, 0.6) is 0 Å². The van der Waals surface area contributed by atoms with Crippen LogP contribution >= 0.6 is 47.0 Å². The maximum Gasteiger partial charge on any atom is 0.280 e. The average molecular weight is 687 g/mol. The van der Waals surface area contributed by atoms with Crippen molar-refractivity contribution in [1.29, 1.82) is 0 Å². The van der Waals surface area contributed by atoms with E-state index in [2.05, 4.69) is 33.4 Å². The molecule has 5 rings (SSSR count). The van der Waals surface area contributed by atoms with Crippen LogP contribution in [-0.4, -0.2) is 61.5 Å². The van der Waals surface area contributed by atoms with Crippen molar-refractivity contribution in [2.75, 3.05) is 12.3 Å². The number of aromatic amines is 1. The summed E-state index contributed by atoms with van der Waals surface area (Å²) >= 11 is 6.60. The predicted octanol–water partition coefficient (Wildman–Crippen LogP) is -1.10. The lowest BCUT2D eigenvalue weighted by molar-refractivity contribution is -0.250. The minimum absolute atomic E-state index is 0.0582. The molecule has 0 bridgehead atoms. The van der Waals surface area contributed by atoms with E-state index in [1.807, 2.05) is 10.8 Å². The summed E-state index contributed by atoms with van der Waals surface area (Å²) in [4.78, 5) is 66.5. The topological polar surface area (TPSA) is 298 Å². The molecule has 2 saturated heterocycles. The zero-order valence-electron chi connectivity index (χ0n) is 20.4. The number of anilines is 1. The van der Waals surface area contributed by atoms with Crippen LogP contribution in [0.25, 0.3) is 11.2 Å². The van der Waals surface area contributed by atoms with Crippen molar-refractivity contribution in [2.24, 2.45) is 0 Å². The second-order valence-electron chi connectivity index (χ2n) is 8.55. The van der Waals surface area contributed by atoms with Gasteiger partial charge in [-0.15, -0.1) is 0 Å².